The second kappa shape index (κ2) is 9.30. The summed E-state index contributed by atoms with van der Waals surface area (Å²) in [6.07, 6.45) is 5.28. The third-order valence-electron chi connectivity index (χ3n) is 5.19. The van der Waals surface area contributed by atoms with Gasteiger partial charge in [-0.05, 0) is 17.5 Å². The number of carbonyl (C=O) groups excluding carboxylic acids is 1. The highest BCUT2D eigenvalue weighted by Gasteiger charge is 2.20. The highest BCUT2D eigenvalue weighted by Crippen LogP contribution is 2.35. The number of nitrogens with two attached hydrogens (primary N) is 1. The smallest absolute Gasteiger partial charge is 0.268 e. The number of ether oxygens (including phenoxy) is 2. The Bertz CT molecular complexity index is 1380. The van der Waals surface area contributed by atoms with Crippen LogP contribution in [0.1, 0.15) is 21.7 Å². The van der Waals surface area contributed by atoms with Crippen molar-refractivity contribution in [1.82, 2.24) is 15.0 Å². The number of rotatable bonds is 6. The molecule has 1 unspecified atom stereocenters. The van der Waals surface area contributed by atoms with E-state index in [0.717, 1.165) is 6.42 Å². The molecule has 4 heterocycles. The van der Waals surface area contributed by atoms with Crippen molar-refractivity contribution >= 4 is 51.2 Å². The fraction of sp³-hybridized carbons (Fsp3) is 0.174. The van der Waals surface area contributed by atoms with Crippen molar-refractivity contribution in [3.8, 4) is 11.8 Å². The van der Waals surface area contributed by atoms with E-state index in [0.29, 0.717) is 57.4 Å². The average Bonchev–Trinajstić information content (AvgIpc) is 3.56. The molecule has 3 aromatic heterocycles. The lowest BCUT2D eigenvalue weighted by Gasteiger charge is -2.16. The SMILES string of the molecule is N#Cc1cnc2cc(OC3CCOC3)c(N)cc2c1Nc1cnc(NC(=O)c2cccs2)nc1. The minimum absolute atomic E-state index is 0.0494. The van der Waals surface area contributed by atoms with E-state index in [1.54, 1.807) is 24.3 Å². The van der Waals surface area contributed by atoms with Gasteiger partial charge < -0.3 is 20.5 Å². The molecule has 1 aromatic carbocycles. The second-order valence-corrected chi connectivity index (χ2v) is 8.47. The zero-order valence-electron chi connectivity index (χ0n) is 17.8. The summed E-state index contributed by atoms with van der Waals surface area (Å²) in [7, 11) is 0. The number of carbonyl (C=O) groups is 1. The second-order valence-electron chi connectivity index (χ2n) is 7.52. The van der Waals surface area contributed by atoms with Crippen molar-refractivity contribution in [2.24, 2.45) is 0 Å². The van der Waals surface area contributed by atoms with E-state index < -0.39 is 0 Å². The van der Waals surface area contributed by atoms with Gasteiger partial charge in [0.05, 0.1) is 58.6 Å². The largest absolute Gasteiger partial charge is 0.486 e. The van der Waals surface area contributed by atoms with Gasteiger partial charge in [0, 0.05) is 24.1 Å². The molecule has 170 valence electrons. The van der Waals surface area contributed by atoms with E-state index in [-0.39, 0.29) is 18.0 Å². The number of nitrogens with zero attached hydrogens (tertiary/aromatic N) is 4. The number of amides is 1. The lowest BCUT2D eigenvalue weighted by molar-refractivity contribution is 0.102. The molecule has 0 radical (unpaired) electrons. The summed E-state index contributed by atoms with van der Waals surface area (Å²) in [4.78, 5) is 25.5. The number of thiophene rings is 1. The molecular weight excluding hydrogens is 454 g/mol. The number of pyridine rings is 1. The van der Waals surface area contributed by atoms with E-state index >= 15 is 0 Å². The van der Waals surface area contributed by atoms with Crippen molar-refractivity contribution in [2.45, 2.75) is 12.5 Å². The first kappa shape index (κ1) is 21.6. The maximum absolute atomic E-state index is 12.2. The maximum Gasteiger partial charge on any atom is 0.268 e. The minimum Gasteiger partial charge on any atom is -0.486 e. The quantitative estimate of drug-likeness (QED) is 0.356. The number of nitrogen functional groups attached to an aromatic ring is 1. The number of hydrogen-bond donors (Lipinski definition) is 3. The molecule has 1 amide bonds. The average molecular weight is 474 g/mol. The molecule has 4 N–H and O–H groups in total. The highest BCUT2D eigenvalue weighted by atomic mass is 32.1. The van der Waals surface area contributed by atoms with E-state index in [1.165, 1.54) is 29.9 Å². The van der Waals surface area contributed by atoms with Crippen LogP contribution < -0.4 is 21.1 Å². The number of benzene rings is 1. The molecule has 1 aliphatic heterocycles. The molecule has 0 aliphatic carbocycles. The van der Waals surface area contributed by atoms with Crippen LogP contribution in [0.2, 0.25) is 0 Å². The van der Waals surface area contributed by atoms with Crippen LogP contribution in [0.25, 0.3) is 10.9 Å². The Labute approximate surface area is 198 Å². The van der Waals surface area contributed by atoms with Crippen LogP contribution in [0.4, 0.5) is 23.0 Å². The number of hydrogen-bond acceptors (Lipinski definition) is 10. The summed E-state index contributed by atoms with van der Waals surface area (Å²) in [6.45, 7) is 1.18. The summed E-state index contributed by atoms with van der Waals surface area (Å²) in [6, 6.07) is 9.15. The van der Waals surface area contributed by atoms with Crippen LogP contribution in [0, 0.1) is 11.3 Å². The molecule has 1 atom stereocenters. The zero-order valence-corrected chi connectivity index (χ0v) is 18.6. The normalized spacial score (nSPS) is 15.1. The van der Waals surface area contributed by atoms with Crippen LogP contribution in [0.3, 0.4) is 0 Å². The van der Waals surface area contributed by atoms with Gasteiger partial charge in [0.15, 0.2) is 0 Å². The predicted molar refractivity (Wildman–Crippen MR) is 128 cm³/mol. The standard InChI is InChI=1S/C23H19N7O3S/c24-8-13-9-26-18-7-19(33-15-3-4-32-12-15)17(25)6-16(18)21(13)29-14-10-27-23(28-11-14)30-22(31)20-2-1-5-34-20/h1-2,5-7,9-11,15H,3-4,12,25H2,(H,26,29)(H,27,28,30,31). The third kappa shape index (κ3) is 4.45. The first-order valence-corrected chi connectivity index (χ1v) is 11.3. The van der Waals surface area contributed by atoms with Gasteiger partial charge in [-0.15, -0.1) is 11.3 Å². The number of anilines is 4. The molecule has 1 fully saturated rings. The molecule has 0 spiro atoms. The van der Waals surface area contributed by atoms with Gasteiger partial charge in [-0.1, -0.05) is 6.07 Å². The molecule has 34 heavy (non-hydrogen) atoms. The topological polar surface area (TPSA) is 148 Å². The Kier molecular flexibility index (Phi) is 5.90. The van der Waals surface area contributed by atoms with Crippen molar-refractivity contribution in [1.29, 1.82) is 5.26 Å². The van der Waals surface area contributed by atoms with E-state index in [9.17, 15) is 10.1 Å². The Morgan fingerprint density at radius 2 is 2.12 bits per heavy atom. The van der Waals surface area contributed by atoms with Gasteiger partial charge in [0.25, 0.3) is 5.91 Å². The van der Waals surface area contributed by atoms with Crippen molar-refractivity contribution in [3.05, 3.63) is 58.7 Å². The fourth-order valence-electron chi connectivity index (χ4n) is 3.52. The molecule has 10 nitrogen and oxygen atoms in total. The number of nitriles is 1. The summed E-state index contributed by atoms with van der Waals surface area (Å²) in [5.41, 5.74) is 8.69. The fourth-order valence-corrected chi connectivity index (χ4v) is 4.13. The molecular formula is C23H19N7O3S. The maximum atomic E-state index is 12.2. The lowest BCUT2D eigenvalue weighted by Crippen LogP contribution is -2.16. The number of nitrogens with one attached hydrogen (secondary N) is 2. The molecule has 0 bridgehead atoms. The van der Waals surface area contributed by atoms with Crippen LogP contribution in [0.15, 0.2) is 48.2 Å². The van der Waals surface area contributed by atoms with E-state index in [4.69, 9.17) is 15.2 Å². The van der Waals surface area contributed by atoms with Crippen molar-refractivity contribution in [2.75, 3.05) is 29.6 Å². The Balaban J connectivity index is 1.40. The monoisotopic (exact) mass is 473 g/mol. The molecule has 0 saturated carbocycles. The zero-order chi connectivity index (χ0) is 23.5. The van der Waals surface area contributed by atoms with Gasteiger partial charge in [0.2, 0.25) is 5.95 Å². The van der Waals surface area contributed by atoms with Crippen molar-refractivity contribution < 1.29 is 14.3 Å². The highest BCUT2D eigenvalue weighted by molar-refractivity contribution is 7.12. The Morgan fingerprint density at radius 3 is 2.82 bits per heavy atom. The Hall–Kier alpha value is -4.27. The van der Waals surface area contributed by atoms with Crippen LogP contribution >= 0.6 is 11.3 Å². The predicted octanol–water partition coefficient (Wildman–Crippen LogP) is 3.70. The third-order valence-corrected chi connectivity index (χ3v) is 6.06. The van der Waals surface area contributed by atoms with Gasteiger partial charge in [-0.3, -0.25) is 15.1 Å². The van der Waals surface area contributed by atoms with Crippen LogP contribution in [-0.4, -0.2) is 40.2 Å². The van der Waals surface area contributed by atoms with E-state index in [2.05, 4.69) is 31.7 Å². The van der Waals surface area contributed by atoms with E-state index in [1.807, 2.05) is 5.38 Å². The van der Waals surface area contributed by atoms with Gasteiger partial charge in [-0.2, -0.15) is 5.26 Å². The van der Waals surface area contributed by atoms with Gasteiger partial charge in [-0.25, -0.2) is 9.97 Å². The first-order chi connectivity index (χ1) is 16.6. The number of fused-ring (bicyclic) bond motifs is 1. The van der Waals surface area contributed by atoms with Gasteiger partial charge >= 0.3 is 0 Å². The lowest BCUT2D eigenvalue weighted by atomic mass is 10.1. The molecule has 1 saturated heterocycles. The van der Waals surface area contributed by atoms with Crippen molar-refractivity contribution in [3.63, 3.8) is 0 Å². The summed E-state index contributed by atoms with van der Waals surface area (Å²) < 4.78 is 11.3. The van der Waals surface area contributed by atoms with Crippen LogP contribution in [0.5, 0.6) is 5.75 Å². The summed E-state index contributed by atoms with van der Waals surface area (Å²) >= 11 is 1.33. The van der Waals surface area contributed by atoms with Crippen LogP contribution in [-0.2, 0) is 4.74 Å². The molecule has 1 aliphatic rings. The molecule has 4 aromatic rings. The summed E-state index contributed by atoms with van der Waals surface area (Å²) in [5.74, 6) is 0.423. The summed E-state index contributed by atoms with van der Waals surface area (Å²) in [5, 5.41) is 17.9. The van der Waals surface area contributed by atoms with Gasteiger partial charge in [0.1, 0.15) is 17.9 Å². The molecule has 5 rings (SSSR count). The number of aromatic nitrogens is 3. The first-order valence-electron chi connectivity index (χ1n) is 10.4. The Morgan fingerprint density at radius 1 is 1.26 bits per heavy atom. The molecule has 11 heteroatoms. The minimum atomic E-state index is -0.278.